The second kappa shape index (κ2) is 2.91. The van der Waals surface area contributed by atoms with E-state index in [4.69, 9.17) is 0 Å². The summed E-state index contributed by atoms with van der Waals surface area (Å²) in [5, 5.41) is 0. The molecule has 1 aliphatic carbocycles. The Morgan fingerprint density at radius 1 is 1.20 bits per heavy atom. The Morgan fingerprint density at radius 2 is 1.70 bits per heavy atom. The first-order valence-corrected chi connectivity index (χ1v) is 4.35. The first-order valence-electron chi connectivity index (χ1n) is 4.35. The molecule has 0 spiro atoms. The van der Waals surface area contributed by atoms with E-state index < -0.39 is 0 Å². The largest absolute Gasteiger partial charge is 0.301 e. The SMILES string of the molecule is CC(C)N(C)[C@H](C)C1CC1. The molecule has 1 aliphatic rings. The Labute approximate surface area is 64.4 Å². The van der Waals surface area contributed by atoms with Crippen molar-refractivity contribution in [1.82, 2.24) is 4.90 Å². The molecule has 0 aliphatic heterocycles. The van der Waals surface area contributed by atoms with Gasteiger partial charge in [0, 0.05) is 12.1 Å². The van der Waals surface area contributed by atoms with Crippen molar-refractivity contribution in [2.45, 2.75) is 45.7 Å². The summed E-state index contributed by atoms with van der Waals surface area (Å²) >= 11 is 0. The lowest BCUT2D eigenvalue weighted by Gasteiger charge is -2.28. The molecular formula is C9H19N. The zero-order valence-corrected chi connectivity index (χ0v) is 7.59. The van der Waals surface area contributed by atoms with E-state index in [1.807, 2.05) is 0 Å². The molecule has 0 amide bonds. The van der Waals surface area contributed by atoms with Gasteiger partial charge in [0.05, 0.1) is 0 Å². The van der Waals surface area contributed by atoms with Gasteiger partial charge in [-0.25, -0.2) is 0 Å². The summed E-state index contributed by atoms with van der Waals surface area (Å²) < 4.78 is 0. The second-order valence-electron chi connectivity index (χ2n) is 3.84. The van der Waals surface area contributed by atoms with Crippen LogP contribution in [0.4, 0.5) is 0 Å². The maximum absolute atomic E-state index is 2.47. The Balaban J connectivity index is 2.30. The van der Waals surface area contributed by atoms with Gasteiger partial charge in [-0.2, -0.15) is 0 Å². The van der Waals surface area contributed by atoms with Crippen molar-refractivity contribution in [2.24, 2.45) is 5.92 Å². The number of hydrogen-bond donors (Lipinski definition) is 0. The molecule has 0 aromatic heterocycles. The van der Waals surface area contributed by atoms with Crippen LogP contribution in [-0.4, -0.2) is 24.0 Å². The molecule has 10 heavy (non-hydrogen) atoms. The Kier molecular flexibility index (Phi) is 2.35. The lowest BCUT2D eigenvalue weighted by Crippen LogP contribution is -2.36. The monoisotopic (exact) mass is 141 g/mol. The lowest BCUT2D eigenvalue weighted by atomic mass is 10.1. The van der Waals surface area contributed by atoms with Crippen LogP contribution in [0.1, 0.15) is 33.6 Å². The quantitative estimate of drug-likeness (QED) is 0.582. The molecule has 1 fully saturated rings. The zero-order valence-electron chi connectivity index (χ0n) is 7.59. The van der Waals surface area contributed by atoms with Gasteiger partial charge in [-0.05, 0) is 46.6 Å². The maximum atomic E-state index is 2.47. The molecule has 0 unspecified atom stereocenters. The molecule has 0 aromatic carbocycles. The van der Waals surface area contributed by atoms with Crippen LogP contribution in [0, 0.1) is 5.92 Å². The number of rotatable bonds is 3. The third-order valence-electron chi connectivity index (χ3n) is 2.76. The molecule has 0 saturated heterocycles. The summed E-state index contributed by atoms with van der Waals surface area (Å²) in [6.45, 7) is 6.87. The van der Waals surface area contributed by atoms with Crippen molar-refractivity contribution in [3.63, 3.8) is 0 Å². The summed E-state index contributed by atoms with van der Waals surface area (Å²) in [5.74, 6) is 1.01. The van der Waals surface area contributed by atoms with Gasteiger partial charge in [-0.1, -0.05) is 0 Å². The molecule has 1 rings (SSSR count). The summed E-state index contributed by atoms with van der Waals surface area (Å²) in [7, 11) is 2.23. The zero-order chi connectivity index (χ0) is 7.72. The summed E-state index contributed by atoms with van der Waals surface area (Å²) in [6.07, 6.45) is 2.91. The van der Waals surface area contributed by atoms with Crippen molar-refractivity contribution in [1.29, 1.82) is 0 Å². The molecule has 0 aromatic rings. The van der Waals surface area contributed by atoms with Crippen LogP contribution in [0.2, 0.25) is 0 Å². The van der Waals surface area contributed by atoms with Crippen molar-refractivity contribution >= 4 is 0 Å². The normalized spacial score (nSPS) is 22.2. The highest BCUT2D eigenvalue weighted by atomic mass is 15.2. The highest BCUT2D eigenvalue weighted by molar-refractivity contribution is 4.84. The summed E-state index contributed by atoms with van der Waals surface area (Å²) in [5.41, 5.74) is 0. The van der Waals surface area contributed by atoms with Crippen LogP contribution >= 0.6 is 0 Å². The fourth-order valence-electron chi connectivity index (χ4n) is 1.38. The van der Waals surface area contributed by atoms with Gasteiger partial charge in [0.15, 0.2) is 0 Å². The average Bonchev–Trinajstić information content (AvgIpc) is 2.65. The molecule has 1 saturated carbocycles. The summed E-state index contributed by atoms with van der Waals surface area (Å²) in [6, 6.07) is 1.51. The van der Waals surface area contributed by atoms with Crippen LogP contribution in [0.5, 0.6) is 0 Å². The van der Waals surface area contributed by atoms with E-state index in [-0.39, 0.29) is 0 Å². The predicted octanol–water partition coefficient (Wildman–Crippen LogP) is 2.13. The third kappa shape index (κ3) is 1.72. The molecule has 60 valence electrons. The van der Waals surface area contributed by atoms with Gasteiger partial charge < -0.3 is 4.90 Å². The van der Waals surface area contributed by atoms with E-state index in [9.17, 15) is 0 Å². The molecular weight excluding hydrogens is 122 g/mol. The van der Waals surface area contributed by atoms with E-state index >= 15 is 0 Å². The third-order valence-corrected chi connectivity index (χ3v) is 2.76. The number of hydrogen-bond acceptors (Lipinski definition) is 1. The Bertz CT molecular complexity index is 99.3. The van der Waals surface area contributed by atoms with Crippen LogP contribution < -0.4 is 0 Å². The van der Waals surface area contributed by atoms with Crippen LogP contribution in [0.25, 0.3) is 0 Å². The van der Waals surface area contributed by atoms with E-state index in [0.29, 0.717) is 6.04 Å². The minimum Gasteiger partial charge on any atom is -0.301 e. The molecule has 0 N–H and O–H groups in total. The predicted molar refractivity (Wildman–Crippen MR) is 45.1 cm³/mol. The summed E-state index contributed by atoms with van der Waals surface area (Å²) in [4.78, 5) is 2.47. The van der Waals surface area contributed by atoms with Crippen molar-refractivity contribution in [3.05, 3.63) is 0 Å². The number of nitrogens with zero attached hydrogens (tertiary/aromatic N) is 1. The van der Waals surface area contributed by atoms with Gasteiger partial charge in [-0.15, -0.1) is 0 Å². The minimum absolute atomic E-state index is 0.704. The first-order chi connectivity index (χ1) is 4.63. The first kappa shape index (κ1) is 8.06. The van der Waals surface area contributed by atoms with Crippen LogP contribution in [0.15, 0.2) is 0 Å². The highest BCUT2D eigenvalue weighted by Gasteiger charge is 2.30. The second-order valence-corrected chi connectivity index (χ2v) is 3.84. The Morgan fingerprint density at radius 3 is 2.00 bits per heavy atom. The fourth-order valence-corrected chi connectivity index (χ4v) is 1.38. The lowest BCUT2D eigenvalue weighted by molar-refractivity contribution is 0.189. The molecule has 0 bridgehead atoms. The minimum atomic E-state index is 0.704. The molecule has 1 heteroatoms. The van der Waals surface area contributed by atoms with Crippen LogP contribution in [0.3, 0.4) is 0 Å². The van der Waals surface area contributed by atoms with Crippen LogP contribution in [-0.2, 0) is 0 Å². The van der Waals surface area contributed by atoms with E-state index in [1.54, 1.807) is 0 Å². The van der Waals surface area contributed by atoms with Gasteiger partial charge >= 0.3 is 0 Å². The standard InChI is InChI=1S/C9H19N/c1-7(2)10(4)8(3)9-5-6-9/h7-9H,5-6H2,1-4H3/t8-/m1/s1. The molecule has 1 nitrogen and oxygen atoms in total. The van der Waals surface area contributed by atoms with Gasteiger partial charge in [-0.3, -0.25) is 0 Å². The van der Waals surface area contributed by atoms with Gasteiger partial charge in [0.25, 0.3) is 0 Å². The molecule has 1 atom stereocenters. The smallest absolute Gasteiger partial charge is 0.00948 e. The molecule has 0 heterocycles. The highest BCUT2D eigenvalue weighted by Crippen LogP contribution is 2.35. The van der Waals surface area contributed by atoms with Crippen molar-refractivity contribution < 1.29 is 0 Å². The van der Waals surface area contributed by atoms with Gasteiger partial charge in [0.2, 0.25) is 0 Å². The van der Waals surface area contributed by atoms with E-state index in [0.717, 1.165) is 12.0 Å². The van der Waals surface area contributed by atoms with Crippen molar-refractivity contribution in [2.75, 3.05) is 7.05 Å². The van der Waals surface area contributed by atoms with Crippen molar-refractivity contribution in [3.8, 4) is 0 Å². The van der Waals surface area contributed by atoms with E-state index in [1.165, 1.54) is 12.8 Å². The van der Waals surface area contributed by atoms with Gasteiger partial charge in [0.1, 0.15) is 0 Å². The molecule has 0 radical (unpaired) electrons. The topological polar surface area (TPSA) is 3.24 Å². The van der Waals surface area contributed by atoms with E-state index in [2.05, 4.69) is 32.7 Å². The fraction of sp³-hybridized carbons (Fsp3) is 1.00. The maximum Gasteiger partial charge on any atom is 0.00948 e. The average molecular weight is 141 g/mol. The Hall–Kier alpha value is -0.0400.